The minimum absolute atomic E-state index is 0.194. The SMILES string of the molecule is Cc1csc(Nc2cccc(C3CCN(S(=O)(=O)c4c(C)noc4C)CC3)n2)n1. The Hall–Kier alpha value is -2.30. The molecule has 1 N–H and O–H groups in total. The number of anilines is 2. The van der Waals surface area contributed by atoms with Crippen molar-refractivity contribution >= 4 is 32.3 Å². The van der Waals surface area contributed by atoms with Gasteiger partial charge in [0.25, 0.3) is 0 Å². The fraction of sp³-hybridized carbons (Fsp3) is 0.421. The van der Waals surface area contributed by atoms with Crippen LogP contribution in [0.4, 0.5) is 10.9 Å². The van der Waals surface area contributed by atoms with Crippen LogP contribution >= 0.6 is 11.3 Å². The molecule has 3 aromatic heterocycles. The summed E-state index contributed by atoms with van der Waals surface area (Å²) < 4.78 is 32.5. The second-order valence-electron chi connectivity index (χ2n) is 7.20. The number of hydrogen-bond acceptors (Lipinski definition) is 8. The van der Waals surface area contributed by atoms with Crippen LogP contribution in [-0.2, 0) is 10.0 Å². The zero-order valence-electron chi connectivity index (χ0n) is 16.5. The Kier molecular flexibility index (Phi) is 5.41. The van der Waals surface area contributed by atoms with Gasteiger partial charge in [0.15, 0.2) is 10.9 Å². The zero-order chi connectivity index (χ0) is 20.6. The Balaban J connectivity index is 1.45. The van der Waals surface area contributed by atoms with E-state index in [1.807, 2.05) is 30.5 Å². The molecule has 0 atom stereocenters. The molecule has 1 fully saturated rings. The van der Waals surface area contributed by atoms with Gasteiger partial charge in [0, 0.05) is 30.1 Å². The minimum atomic E-state index is -3.59. The Labute approximate surface area is 174 Å². The summed E-state index contributed by atoms with van der Waals surface area (Å²) in [6.07, 6.45) is 1.44. The molecule has 0 saturated carbocycles. The largest absolute Gasteiger partial charge is 0.360 e. The number of nitrogens with zero attached hydrogens (tertiary/aromatic N) is 4. The number of aryl methyl sites for hydroxylation is 3. The summed E-state index contributed by atoms with van der Waals surface area (Å²) in [5.74, 6) is 1.30. The molecule has 154 valence electrons. The second-order valence-corrected chi connectivity index (χ2v) is 9.93. The Morgan fingerprint density at radius 3 is 2.55 bits per heavy atom. The molecule has 1 aliphatic rings. The van der Waals surface area contributed by atoms with Gasteiger partial charge in [-0.15, -0.1) is 11.3 Å². The van der Waals surface area contributed by atoms with Gasteiger partial charge < -0.3 is 9.84 Å². The maximum absolute atomic E-state index is 13.0. The summed E-state index contributed by atoms with van der Waals surface area (Å²) in [6, 6.07) is 5.89. The average Bonchev–Trinajstić information content (AvgIpc) is 3.26. The first-order chi connectivity index (χ1) is 13.8. The number of piperidine rings is 1. The lowest BCUT2D eigenvalue weighted by Gasteiger charge is -2.31. The van der Waals surface area contributed by atoms with Crippen LogP contribution in [0.3, 0.4) is 0 Å². The van der Waals surface area contributed by atoms with Gasteiger partial charge in [-0.25, -0.2) is 18.4 Å². The number of pyridine rings is 1. The first kappa shape index (κ1) is 20.0. The van der Waals surface area contributed by atoms with Crippen molar-refractivity contribution in [2.45, 2.75) is 44.4 Å². The van der Waals surface area contributed by atoms with Crippen LogP contribution in [0.2, 0.25) is 0 Å². The predicted octanol–water partition coefficient (Wildman–Crippen LogP) is 3.76. The van der Waals surface area contributed by atoms with Crippen molar-refractivity contribution in [2.24, 2.45) is 0 Å². The molecule has 4 rings (SSSR count). The number of aromatic nitrogens is 3. The Morgan fingerprint density at radius 2 is 1.93 bits per heavy atom. The van der Waals surface area contributed by atoms with E-state index in [2.05, 4.69) is 15.5 Å². The summed E-state index contributed by atoms with van der Waals surface area (Å²) in [5.41, 5.74) is 2.35. The Morgan fingerprint density at radius 1 is 1.17 bits per heavy atom. The van der Waals surface area contributed by atoms with Crippen LogP contribution in [0.5, 0.6) is 0 Å². The summed E-state index contributed by atoms with van der Waals surface area (Å²) in [5, 5.41) is 9.82. The van der Waals surface area contributed by atoms with Crippen molar-refractivity contribution in [1.82, 2.24) is 19.4 Å². The zero-order valence-corrected chi connectivity index (χ0v) is 18.2. The van der Waals surface area contributed by atoms with Crippen molar-refractivity contribution in [1.29, 1.82) is 0 Å². The highest BCUT2D eigenvalue weighted by molar-refractivity contribution is 7.89. The van der Waals surface area contributed by atoms with Gasteiger partial charge in [-0.1, -0.05) is 11.2 Å². The molecule has 0 unspecified atom stereocenters. The van der Waals surface area contributed by atoms with Crippen LogP contribution in [0.15, 0.2) is 33.0 Å². The minimum Gasteiger partial charge on any atom is -0.360 e. The monoisotopic (exact) mass is 433 g/mol. The molecule has 29 heavy (non-hydrogen) atoms. The molecule has 0 amide bonds. The van der Waals surface area contributed by atoms with E-state index in [4.69, 9.17) is 9.51 Å². The maximum atomic E-state index is 13.0. The predicted molar refractivity (Wildman–Crippen MR) is 111 cm³/mol. The molecule has 0 aromatic carbocycles. The molecule has 1 saturated heterocycles. The quantitative estimate of drug-likeness (QED) is 0.653. The number of sulfonamides is 1. The van der Waals surface area contributed by atoms with E-state index in [-0.39, 0.29) is 10.8 Å². The highest BCUT2D eigenvalue weighted by Gasteiger charge is 2.34. The molecular formula is C19H23N5O3S2. The van der Waals surface area contributed by atoms with Crippen molar-refractivity contribution < 1.29 is 12.9 Å². The maximum Gasteiger partial charge on any atom is 0.248 e. The third-order valence-corrected chi connectivity index (χ3v) is 8.08. The topological polar surface area (TPSA) is 101 Å². The highest BCUT2D eigenvalue weighted by atomic mass is 32.2. The molecule has 1 aliphatic heterocycles. The van der Waals surface area contributed by atoms with E-state index in [9.17, 15) is 8.42 Å². The van der Waals surface area contributed by atoms with Crippen LogP contribution in [-0.4, -0.2) is 40.9 Å². The third kappa shape index (κ3) is 4.05. The van der Waals surface area contributed by atoms with E-state index in [1.165, 1.54) is 4.31 Å². The number of nitrogens with one attached hydrogen (secondary N) is 1. The van der Waals surface area contributed by atoms with E-state index >= 15 is 0 Å². The van der Waals surface area contributed by atoms with Crippen molar-refractivity contribution in [3.05, 3.63) is 46.4 Å². The fourth-order valence-electron chi connectivity index (χ4n) is 3.63. The molecule has 0 spiro atoms. The lowest BCUT2D eigenvalue weighted by atomic mass is 9.94. The summed E-state index contributed by atoms with van der Waals surface area (Å²) in [6.45, 7) is 6.13. The van der Waals surface area contributed by atoms with E-state index in [0.717, 1.165) is 35.2 Å². The van der Waals surface area contributed by atoms with Gasteiger partial charge in [-0.05, 0) is 45.7 Å². The summed E-state index contributed by atoms with van der Waals surface area (Å²) in [4.78, 5) is 9.33. The van der Waals surface area contributed by atoms with Crippen LogP contribution in [0, 0.1) is 20.8 Å². The van der Waals surface area contributed by atoms with Crippen LogP contribution in [0.25, 0.3) is 0 Å². The highest BCUT2D eigenvalue weighted by Crippen LogP contribution is 2.32. The smallest absolute Gasteiger partial charge is 0.248 e. The normalized spacial score (nSPS) is 16.2. The van der Waals surface area contributed by atoms with E-state index < -0.39 is 10.0 Å². The van der Waals surface area contributed by atoms with Gasteiger partial charge in [0.1, 0.15) is 16.4 Å². The molecule has 8 nitrogen and oxygen atoms in total. The van der Waals surface area contributed by atoms with Crippen molar-refractivity contribution in [2.75, 3.05) is 18.4 Å². The van der Waals surface area contributed by atoms with Gasteiger partial charge in [0.2, 0.25) is 10.0 Å². The Bertz CT molecular complexity index is 1100. The van der Waals surface area contributed by atoms with Crippen LogP contribution in [0.1, 0.15) is 41.6 Å². The van der Waals surface area contributed by atoms with Gasteiger partial charge in [-0.2, -0.15) is 4.31 Å². The van der Waals surface area contributed by atoms with E-state index in [1.54, 1.807) is 25.2 Å². The molecule has 10 heteroatoms. The fourth-order valence-corrected chi connectivity index (χ4v) is 6.09. The lowest BCUT2D eigenvalue weighted by Crippen LogP contribution is -2.38. The first-order valence-corrected chi connectivity index (χ1v) is 11.8. The molecule has 4 heterocycles. The van der Waals surface area contributed by atoms with Crippen molar-refractivity contribution in [3.63, 3.8) is 0 Å². The van der Waals surface area contributed by atoms with E-state index in [0.29, 0.717) is 24.5 Å². The van der Waals surface area contributed by atoms with Gasteiger partial charge in [-0.3, -0.25) is 0 Å². The molecule has 0 bridgehead atoms. The van der Waals surface area contributed by atoms with Crippen molar-refractivity contribution in [3.8, 4) is 0 Å². The molecule has 3 aromatic rings. The number of rotatable bonds is 5. The van der Waals surface area contributed by atoms with Gasteiger partial charge >= 0.3 is 0 Å². The number of hydrogen-bond donors (Lipinski definition) is 1. The van der Waals surface area contributed by atoms with Gasteiger partial charge in [0.05, 0.1) is 5.69 Å². The number of thiazole rings is 1. The average molecular weight is 434 g/mol. The molecule has 0 aliphatic carbocycles. The standard InChI is InChI=1S/C19H23N5O3S2/c1-12-11-28-19(20-12)22-17-6-4-5-16(21-17)15-7-9-24(10-8-15)29(25,26)18-13(2)23-27-14(18)3/h4-6,11,15H,7-10H2,1-3H3,(H,20,21,22). The first-order valence-electron chi connectivity index (χ1n) is 9.43. The third-order valence-electron chi connectivity index (χ3n) is 5.06. The summed E-state index contributed by atoms with van der Waals surface area (Å²) in [7, 11) is -3.59. The second kappa shape index (κ2) is 7.85. The summed E-state index contributed by atoms with van der Waals surface area (Å²) >= 11 is 1.54. The molecule has 0 radical (unpaired) electrons. The molecular weight excluding hydrogens is 410 g/mol. The van der Waals surface area contributed by atoms with Crippen LogP contribution < -0.4 is 5.32 Å². The lowest BCUT2D eigenvalue weighted by molar-refractivity contribution is 0.316.